The minimum atomic E-state index is -0.844. The number of aliphatic hydroxyl groups excluding tert-OH is 1. The SMILES string of the molecule is CCOCCCN1CC(O)CC1C(=O)O. The number of nitrogens with zero attached hydrogens (tertiary/aromatic N) is 1. The van der Waals surface area contributed by atoms with Crippen molar-refractivity contribution in [3.05, 3.63) is 0 Å². The second-order valence-electron chi connectivity index (χ2n) is 3.79. The Hall–Kier alpha value is -0.650. The molecule has 1 fully saturated rings. The average molecular weight is 217 g/mol. The number of β-amino-alcohol motifs (C(OH)–C–C–N with tert-alkyl or cyclic N) is 1. The number of ether oxygens (including phenoxy) is 1. The monoisotopic (exact) mass is 217 g/mol. The van der Waals surface area contributed by atoms with Gasteiger partial charge >= 0.3 is 5.97 Å². The van der Waals surface area contributed by atoms with Crippen molar-refractivity contribution in [1.29, 1.82) is 0 Å². The molecule has 15 heavy (non-hydrogen) atoms. The van der Waals surface area contributed by atoms with Gasteiger partial charge in [0.25, 0.3) is 0 Å². The van der Waals surface area contributed by atoms with E-state index in [-0.39, 0.29) is 0 Å². The van der Waals surface area contributed by atoms with Gasteiger partial charge in [-0.05, 0) is 13.3 Å². The van der Waals surface area contributed by atoms with Crippen molar-refractivity contribution in [3.63, 3.8) is 0 Å². The van der Waals surface area contributed by atoms with Gasteiger partial charge in [0.05, 0.1) is 6.10 Å². The first kappa shape index (κ1) is 12.4. The van der Waals surface area contributed by atoms with Gasteiger partial charge in [0.15, 0.2) is 0 Å². The molecular weight excluding hydrogens is 198 g/mol. The Morgan fingerprint density at radius 2 is 2.33 bits per heavy atom. The predicted molar refractivity (Wildman–Crippen MR) is 54.7 cm³/mol. The van der Waals surface area contributed by atoms with E-state index in [0.717, 1.165) is 6.42 Å². The van der Waals surface area contributed by atoms with Crippen LogP contribution in [0.15, 0.2) is 0 Å². The highest BCUT2D eigenvalue weighted by Crippen LogP contribution is 2.18. The van der Waals surface area contributed by atoms with Crippen molar-refractivity contribution < 1.29 is 19.7 Å². The van der Waals surface area contributed by atoms with Crippen LogP contribution in [-0.2, 0) is 9.53 Å². The Kier molecular flexibility index (Phi) is 5.01. The van der Waals surface area contributed by atoms with E-state index in [4.69, 9.17) is 9.84 Å². The van der Waals surface area contributed by atoms with Gasteiger partial charge in [-0.25, -0.2) is 0 Å². The highest BCUT2D eigenvalue weighted by molar-refractivity contribution is 5.74. The summed E-state index contributed by atoms with van der Waals surface area (Å²) in [4.78, 5) is 12.7. The molecule has 1 rings (SSSR count). The van der Waals surface area contributed by atoms with Crippen LogP contribution in [0, 0.1) is 0 Å². The van der Waals surface area contributed by atoms with E-state index in [1.54, 1.807) is 0 Å². The van der Waals surface area contributed by atoms with Crippen molar-refractivity contribution in [2.75, 3.05) is 26.3 Å². The molecule has 0 amide bonds. The number of hydrogen-bond donors (Lipinski definition) is 2. The quantitative estimate of drug-likeness (QED) is 0.610. The third-order valence-corrected chi connectivity index (χ3v) is 2.60. The molecule has 0 saturated carbocycles. The molecule has 1 heterocycles. The second-order valence-corrected chi connectivity index (χ2v) is 3.79. The lowest BCUT2D eigenvalue weighted by molar-refractivity contribution is -0.142. The van der Waals surface area contributed by atoms with Gasteiger partial charge in [-0.1, -0.05) is 0 Å². The van der Waals surface area contributed by atoms with E-state index >= 15 is 0 Å². The predicted octanol–water partition coefficient (Wildman–Crippen LogP) is -0.0672. The third kappa shape index (κ3) is 3.77. The molecule has 0 radical (unpaired) electrons. The van der Waals surface area contributed by atoms with Crippen LogP contribution in [-0.4, -0.2) is 59.5 Å². The largest absolute Gasteiger partial charge is 0.480 e. The van der Waals surface area contributed by atoms with Crippen LogP contribution in [0.3, 0.4) is 0 Å². The maximum absolute atomic E-state index is 10.9. The Labute approximate surface area is 89.6 Å². The molecule has 1 saturated heterocycles. The minimum absolute atomic E-state index is 0.337. The first-order valence-corrected chi connectivity index (χ1v) is 5.37. The van der Waals surface area contributed by atoms with Gasteiger partial charge in [0.1, 0.15) is 6.04 Å². The molecule has 2 unspecified atom stereocenters. The van der Waals surface area contributed by atoms with Crippen LogP contribution in [0.2, 0.25) is 0 Å². The Bertz CT molecular complexity index is 210. The van der Waals surface area contributed by atoms with E-state index in [9.17, 15) is 9.90 Å². The molecule has 5 heteroatoms. The van der Waals surface area contributed by atoms with Gasteiger partial charge < -0.3 is 14.9 Å². The lowest BCUT2D eigenvalue weighted by Gasteiger charge is -2.20. The van der Waals surface area contributed by atoms with Crippen molar-refractivity contribution in [1.82, 2.24) is 4.90 Å². The number of hydrogen-bond acceptors (Lipinski definition) is 4. The van der Waals surface area contributed by atoms with E-state index in [2.05, 4.69) is 0 Å². The summed E-state index contributed by atoms with van der Waals surface area (Å²) < 4.78 is 5.18. The number of aliphatic hydroxyl groups is 1. The number of likely N-dealkylation sites (tertiary alicyclic amines) is 1. The topological polar surface area (TPSA) is 70.0 Å². The number of carbonyl (C=O) groups is 1. The molecule has 0 spiro atoms. The standard InChI is InChI=1S/C10H19NO4/c1-2-15-5-3-4-11-7-8(12)6-9(11)10(13)14/h8-9,12H,2-7H2,1H3,(H,13,14). The number of carboxylic acids is 1. The Morgan fingerprint density at radius 3 is 2.93 bits per heavy atom. The molecule has 0 aromatic carbocycles. The first-order chi connectivity index (χ1) is 7.15. The normalized spacial score (nSPS) is 27.1. The van der Waals surface area contributed by atoms with Gasteiger partial charge in [-0.15, -0.1) is 0 Å². The van der Waals surface area contributed by atoms with Gasteiger partial charge in [-0.2, -0.15) is 0 Å². The molecule has 1 aliphatic heterocycles. The highest BCUT2D eigenvalue weighted by Gasteiger charge is 2.35. The van der Waals surface area contributed by atoms with Crippen LogP contribution in [0.25, 0.3) is 0 Å². The van der Waals surface area contributed by atoms with Gasteiger partial charge in [-0.3, -0.25) is 9.69 Å². The summed E-state index contributed by atoms with van der Waals surface area (Å²) in [6, 6.07) is -0.526. The summed E-state index contributed by atoms with van der Waals surface area (Å²) in [5.41, 5.74) is 0. The molecular formula is C10H19NO4. The van der Waals surface area contributed by atoms with Crippen molar-refractivity contribution in [2.45, 2.75) is 31.9 Å². The summed E-state index contributed by atoms with van der Waals surface area (Å²) in [6.07, 6.45) is 0.645. The van der Waals surface area contributed by atoms with Crippen LogP contribution in [0.5, 0.6) is 0 Å². The lowest BCUT2D eigenvalue weighted by Crippen LogP contribution is -2.37. The summed E-state index contributed by atoms with van der Waals surface area (Å²) in [6.45, 7) is 4.40. The van der Waals surface area contributed by atoms with Crippen molar-refractivity contribution in [3.8, 4) is 0 Å². The molecule has 5 nitrogen and oxygen atoms in total. The molecule has 88 valence electrons. The molecule has 2 atom stereocenters. The minimum Gasteiger partial charge on any atom is -0.480 e. The zero-order valence-corrected chi connectivity index (χ0v) is 9.06. The third-order valence-electron chi connectivity index (χ3n) is 2.60. The maximum atomic E-state index is 10.9. The van der Waals surface area contributed by atoms with E-state index < -0.39 is 18.1 Å². The molecule has 0 bridgehead atoms. The first-order valence-electron chi connectivity index (χ1n) is 5.37. The summed E-state index contributed by atoms with van der Waals surface area (Å²) in [5, 5.41) is 18.3. The Morgan fingerprint density at radius 1 is 1.60 bits per heavy atom. The second kappa shape index (κ2) is 6.05. The molecule has 1 aliphatic rings. The fourth-order valence-corrected chi connectivity index (χ4v) is 1.90. The average Bonchev–Trinajstić information content (AvgIpc) is 2.55. The van der Waals surface area contributed by atoms with Crippen molar-refractivity contribution >= 4 is 5.97 Å². The number of aliphatic carboxylic acids is 1. The van der Waals surface area contributed by atoms with Gasteiger partial charge in [0, 0.05) is 32.7 Å². The highest BCUT2D eigenvalue weighted by atomic mass is 16.5. The number of carboxylic acid groups (broad SMARTS) is 1. The molecule has 0 aromatic heterocycles. The lowest BCUT2D eigenvalue weighted by atomic mass is 10.2. The van der Waals surface area contributed by atoms with Gasteiger partial charge in [0.2, 0.25) is 0 Å². The van der Waals surface area contributed by atoms with Crippen LogP contribution in [0.4, 0.5) is 0 Å². The van der Waals surface area contributed by atoms with E-state index in [1.807, 2.05) is 11.8 Å². The van der Waals surface area contributed by atoms with E-state index in [1.165, 1.54) is 0 Å². The summed E-state index contributed by atoms with van der Waals surface area (Å²) in [7, 11) is 0. The fraction of sp³-hybridized carbons (Fsp3) is 0.900. The zero-order chi connectivity index (χ0) is 11.3. The summed E-state index contributed by atoms with van der Waals surface area (Å²) in [5.74, 6) is -0.844. The molecule has 2 N–H and O–H groups in total. The molecule has 0 aliphatic carbocycles. The fourth-order valence-electron chi connectivity index (χ4n) is 1.90. The van der Waals surface area contributed by atoms with E-state index in [0.29, 0.717) is 32.7 Å². The maximum Gasteiger partial charge on any atom is 0.321 e. The molecule has 0 aromatic rings. The van der Waals surface area contributed by atoms with Crippen LogP contribution >= 0.6 is 0 Å². The smallest absolute Gasteiger partial charge is 0.321 e. The number of rotatable bonds is 6. The van der Waals surface area contributed by atoms with Crippen molar-refractivity contribution in [2.24, 2.45) is 0 Å². The summed E-state index contributed by atoms with van der Waals surface area (Å²) >= 11 is 0. The zero-order valence-electron chi connectivity index (χ0n) is 9.06. The Balaban J connectivity index is 2.29. The van der Waals surface area contributed by atoms with Crippen LogP contribution in [0.1, 0.15) is 19.8 Å². The van der Waals surface area contributed by atoms with Crippen LogP contribution < -0.4 is 0 Å².